The summed E-state index contributed by atoms with van der Waals surface area (Å²) in [6.07, 6.45) is 0. The summed E-state index contributed by atoms with van der Waals surface area (Å²) in [7, 11) is -6.24. The van der Waals surface area contributed by atoms with Crippen LogP contribution in [0.4, 0.5) is 17.3 Å². The lowest BCUT2D eigenvalue weighted by atomic mass is 10.3. The molecule has 0 fully saturated rings. The summed E-state index contributed by atoms with van der Waals surface area (Å²) in [5.74, 6) is 1.75. The van der Waals surface area contributed by atoms with Crippen LogP contribution in [0.3, 0.4) is 0 Å². The Bertz CT molecular complexity index is 1120. The summed E-state index contributed by atoms with van der Waals surface area (Å²) >= 11 is 0. The predicted molar refractivity (Wildman–Crippen MR) is 140 cm³/mol. The summed E-state index contributed by atoms with van der Waals surface area (Å²) in [5, 5.41) is 0. The molecule has 0 spiro atoms. The normalized spacial score (nSPS) is 10.9. The van der Waals surface area contributed by atoms with Gasteiger partial charge in [0.15, 0.2) is 15.5 Å². The van der Waals surface area contributed by atoms with Crippen LogP contribution in [0.25, 0.3) is 0 Å². The van der Waals surface area contributed by atoms with Gasteiger partial charge < -0.3 is 31.5 Å². The Morgan fingerprint density at radius 1 is 0.514 bits per heavy atom. The maximum absolute atomic E-state index is 9.75. The minimum absolute atomic E-state index is 0.243. The van der Waals surface area contributed by atoms with E-state index in [1.54, 1.807) is 0 Å². The second kappa shape index (κ2) is 15.0. The summed E-state index contributed by atoms with van der Waals surface area (Å²) in [5.41, 5.74) is 0. The molecular weight excluding hydrogens is 503 g/mol. The molecule has 0 bridgehead atoms. The van der Waals surface area contributed by atoms with Crippen LogP contribution in [0, 0.1) is 0 Å². The lowest BCUT2D eigenvalue weighted by Gasteiger charge is -2.13. The van der Waals surface area contributed by atoms with E-state index in [4.69, 9.17) is 14.2 Å². The van der Waals surface area contributed by atoms with Crippen molar-refractivity contribution in [2.24, 2.45) is 0 Å². The van der Waals surface area contributed by atoms with E-state index < -0.39 is 7.25 Å². The van der Waals surface area contributed by atoms with Crippen molar-refractivity contribution in [2.75, 3.05) is 26.4 Å². The molecule has 0 radical (unpaired) electrons. The Morgan fingerprint density at radius 2 is 0.946 bits per heavy atom. The molecule has 0 heterocycles. The molecule has 0 saturated carbocycles. The maximum Gasteiger partial charge on any atom is 0.673 e. The van der Waals surface area contributed by atoms with Gasteiger partial charge in [-0.05, 0) is 48.5 Å². The zero-order valence-corrected chi connectivity index (χ0v) is 20.8. The highest BCUT2D eigenvalue weighted by molar-refractivity contribution is 7.97. The molecule has 3 nitrogen and oxygen atoms in total. The van der Waals surface area contributed by atoms with Crippen LogP contribution in [-0.4, -0.2) is 33.7 Å². The van der Waals surface area contributed by atoms with Gasteiger partial charge in [0.1, 0.15) is 29.9 Å². The first kappa shape index (κ1) is 28.2. The van der Waals surface area contributed by atoms with E-state index in [1.807, 2.05) is 42.5 Å². The van der Waals surface area contributed by atoms with Crippen molar-refractivity contribution in [3.63, 3.8) is 0 Å². The van der Waals surface area contributed by atoms with E-state index in [2.05, 4.69) is 72.8 Å². The van der Waals surface area contributed by atoms with Crippen LogP contribution < -0.4 is 9.47 Å². The summed E-state index contributed by atoms with van der Waals surface area (Å²) in [6, 6.07) is 39.3. The summed E-state index contributed by atoms with van der Waals surface area (Å²) in [6.45, 7) is 2.05. The fourth-order valence-corrected chi connectivity index (χ4v) is 5.47. The molecule has 0 unspecified atom stereocenters. The second-order valence-corrected chi connectivity index (χ2v) is 9.49. The first-order valence-electron chi connectivity index (χ1n) is 11.6. The van der Waals surface area contributed by atoms with Gasteiger partial charge in [0.2, 0.25) is 4.90 Å². The fourth-order valence-electron chi connectivity index (χ4n) is 3.29. The molecule has 194 valence electrons. The highest BCUT2D eigenvalue weighted by Crippen LogP contribution is 2.36. The van der Waals surface area contributed by atoms with E-state index in [9.17, 15) is 17.3 Å². The van der Waals surface area contributed by atoms with E-state index >= 15 is 0 Å². The molecule has 0 atom stereocenters. The third kappa shape index (κ3) is 10.6. The first-order valence-corrected chi connectivity index (χ1v) is 12.8. The van der Waals surface area contributed by atoms with Gasteiger partial charge >= 0.3 is 7.25 Å². The molecule has 4 aromatic rings. The topological polar surface area (TPSA) is 27.7 Å². The highest BCUT2D eigenvalue weighted by atomic mass is 32.2. The van der Waals surface area contributed by atoms with E-state index in [0.717, 1.165) is 11.5 Å². The molecule has 0 N–H and O–H groups in total. The van der Waals surface area contributed by atoms with Gasteiger partial charge in [-0.3, -0.25) is 0 Å². The maximum atomic E-state index is 9.75. The zero-order valence-electron chi connectivity index (χ0n) is 20.0. The number of para-hydroxylation sites is 2. The van der Waals surface area contributed by atoms with Crippen molar-refractivity contribution in [3.05, 3.63) is 115 Å². The molecule has 4 aromatic carbocycles. The van der Waals surface area contributed by atoms with Gasteiger partial charge in [0.25, 0.3) is 0 Å². The fraction of sp³-hybridized carbons (Fsp3) is 0.143. The van der Waals surface area contributed by atoms with Crippen LogP contribution in [-0.2, 0) is 15.6 Å². The molecule has 37 heavy (non-hydrogen) atoms. The number of rotatable bonds is 11. The Hall–Kier alpha value is -3.43. The standard InChI is InChI=1S/C28H27O3S.BF4/c1-4-12-24(13-5-1)30-22-20-29-21-23-31-27-18-10-11-19-28(27)32(25-14-6-2-7-15-25)26-16-8-3-9-17-26;2-1(3,4)5/h1-19H,20-23H2;/q+1;-1. The van der Waals surface area contributed by atoms with Gasteiger partial charge in [-0.1, -0.05) is 66.7 Å². The number of ether oxygens (including phenoxy) is 3. The molecular formula is C28H27BF4O3S. The summed E-state index contributed by atoms with van der Waals surface area (Å²) in [4.78, 5) is 3.71. The minimum atomic E-state index is -6.00. The molecule has 4 rings (SSSR count). The van der Waals surface area contributed by atoms with Crippen molar-refractivity contribution < 1.29 is 31.5 Å². The smallest absolute Gasteiger partial charge is 0.491 e. The van der Waals surface area contributed by atoms with Crippen molar-refractivity contribution >= 4 is 18.1 Å². The predicted octanol–water partition coefficient (Wildman–Crippen LogP) is 7.56. The average Bonchev–Trinajstić information content (AvgIpc) is 2.90. The minimum Gasteiger partial charge on any atom is -0.491 e. The lowest BCUT2D eigenvalue weighted by molar-refractivity contribution is 0.0757. The van der Waals surface area contributed by atoms with Crippen molar-refractivity contribution in [1.29, 1.82) is 0 Å². The zero-order chi connectivity index (χ0) is 26.3. The third-order valence-corrected chi connectivity index (χ3v) is 7.02. The quantitative estimate of drug-likeness (QED) is 0.0867. The van der Waals surface area contributed by atoms with Gasteiger partial charge in [-0.15, -0.1) is 0 Å². The van der Waals surface area contributed by atoms with Crippen LogP contribution in [0.1, 0.15) is 0 Å². The van der Waals surface area contributed by atoms with Gasteiger partial charge in [0.05, 0.1) is 13.2 Å². The van der Waals surface area contributed by atoms with Gasteiger partial charge in [-0.2, -0.15) is 0 Å². The van der Waals surface area contributed by atoms with E-state index in [1.165, 1.54) is 14.7 Å². The Labute approximate surface area is 217 Å². The Balaban J connectivity index is 0.000000695. The van der Waals surface area contributed by atoms with E-state index in [0.29, 0.717) is 26.4 Å². The lowest BCUT2D eigenvalue weighted by Crippen LogP contribution is -2.13. The van der Waals surface area contributed by atoms with Crippen LogP contribution >= 0.6 is 0 Å². The molecule has 0 aliphatic heterocycles. The molecule has 9 heteroatoms. The van der Waals surface area contributed by atoms with Crippen LogP contribution in [0.2, 0.25) is 0 Å². The van der Waals surface area contributed by atoms with Crippen LogP contribution in [0.15, 0.2) is 130 Å². The van der Waals surface area contributed by atoms with Crippen molar-refractivity contribution in [2.45, 2.75) is 14.7 Å². The SMILES string of the molecule is F[B-](F)(F)F.c1ccc(OCCOCCOc2ccccc2[S+](c2ccccc2)c2ccccc2)cc1. The van der Waals surface area contributed by atoms with Gasteiger partial charge in [-0.25, -0.2) is 0 Å². The summed E-state index contributed by atoms with van der Waals surface area (Å²) < 4.78 is 56.5. The van der Waals surface area contributed by atoms with Crippen molar-refractivity contribution in [1.82, 2.24) is 0 Å². The largest absolute Gasteiger partial charge is 0.673 e. The Morgan fingerprint density at radius 3 is 1.49 bits per heavy atom. The Kier molecular flexibility index (Phi) is 11.4. The molecule has 0 amide bonds. The average molecular weight is 530 g/mol. The molecule has 0 aromatic heterocycles. The third-order valence-electron chi connectivity index (χ3n) is 4.75. The van der Waals surface area contributed by atoms with Crippen molar-refractivity contribution in [3.8, 4) is 11.5 Å². The molecule has 0 aliphatic carbocycles. The number of benzene rings is 4. The van der Waals surface area contributed by atoms with E-state index in [-0.39, 0.29) is 10.9 Å². The molecule has 0 aliphatic rings. The second-order valence-electron chi connectivity index (χ2n) is 7.50. The first-order chi connectivity index (χ1) is 17.9. The highest BCUT2D eigenvalue weighted by Gasteiger charge is 2.31. The number of halogens is 4. The monoisotopic (exact) mass is 530 g/mol. The number of hydrogen-bond donors (Lipinski definition) is 0. The van der Waals surface area contributed by atoms with Gasteiger partial charge in [0, 0.05) is 0 Å². The molecule has 0 saturated heterocycles. The number of hydrogen-bond acceptors (Lipinski definition) is 3. The van der Waals surface area contributed by atoms with Crippen LogP contribution in [0.5, 0.6) is 11.5 Å².